The predicted octanol–water partition coefficient (Wildman–Crippen LogP) is 3.08. The summed E-state index contributed by atoms with van der Waals surface area (Å²) in [5.74, 6) is -11.0. The molecule has 0 fully saturated rings. The van der Waals surface area contributed by atoms with Crippen LogP contribution in [0.25, 0.3) is 0 Å². The number of rotatable bonds is 4. The molecule has 0 atom stereocenters. The number of hydrogen-bond donors (Lipinski definition) is 1. The highest BCUT2D eigenvalue weighted by atomic mass is 32.1. The highest BCUT2D eigenvalue weighted by Gasteiger charge is 2.26. The lowest BCUT2D eigenvalue weighted by Crippen LogP contribution is -2.08. The topological polar surface area (TPSA) is 9.23 Å². The highest BCUT2D eigenvalue weighted by molar-refractivity contribution is 7.80. The molecule has 0 spiro atoms. The van der Waals surface area contributed by atoms with Crippen LogP contribution >= 0.6 is 12.6 Å². The van der Waals surface area contributed by atoms with Crippen LogP contribution in [0, 0.1) is 29.1 Å². The van der Waals surface area contributed by atoms with E-state index in [4.69, 9.17) is 0 Å². The highest BCUT2D eigenvalue weighted by Crippen LogP contribution is 2.29. The minimum atomic E-state index is -2.20. The van der Waals surface area contributed by atoms with Gasteiger partial charge >= 0.3 is 0 Å². The van der Waals surface area contributed by atoms with Gasteiger partial charge in [-0.2, -0.15) is 21.4 Å². The van der Waals surface area contributed by atoms with Crippen molar-refractivity contribution in [2.24, 2.45) is 0 Å². The normalized spacial score (nSPS) is 10.6. The van der Waals surface area contributed by atoms with Gasteiger partial charge in [0.05, 0.1) is 6.61 Å². The molecule has 0 bridgehead atoms. The van der Waals surface area contributed by atoms with Crippen molar-refractivity contribution in [3.8, 4) is 5.75 Å². The second kappa shape index (κ2) is 5.38. The van der Waals surface area contributed by atoms with Crippen LogP contribution in [-0.4, -0.2) is 12.4 Å². The standard InChI is InChI=1S/C9H7F5OS/c10-4-5(11)7(13)9(8(14)6(4)12)15-2-1-3-16/h16H,1-3H2. The van der Waals surface area contributed by atoms with E-state index in [9.17, 15) is 22.0 Å². The van der Waals surface area contributed by atoms with E-state index in [0.29, 0.717) is 12.2 Å². The lowest BCUT2D eigenvalue weighted by atomic mass is 10.2. The maximum absolute atomic E-state index is 13.0. The molecule has 0 amide bonds. The van der Waals surface area contributed by atoms with Crippen molar-refractivity contribution in [3.63, 3.8) is 0 Å². The lowest BCUT2D eigenvalue weighted by molar-refractivity contribution is 0.263. The molecular formula is C9H7F5OS. The second-order valence-corrected chi connectivity index (χ2v) is 3.27. The Kier molecular flexibility index (Phi) is 4.40. The molecular weight excluding hydrogens is 251 g/mol. The summed E-state index contributed by atoms with van der Waals surface area (Å²) < 4.78 is 68.3. The minimum absolute atomic E-state index is 0.179. The average molecular weight is 258 g/mol. The average Bonchev–Trinajstić information content (AvgIpc) is 2.28. The van der Waals surface area contributed by atoms with Crippen molar-refractivity contribution in [2.75, 3.05) is 12.4 Å². The van der Waals surface area contributed by atoms with Crippen molar-refractivity contribution in [1.29, 1.82) is 0 Å². The summed E-state index contributed by atoms with van der Waals surface area (Å²) >= 11 is 3.80. The van der Waals surface area contributed by atoms with Crippen LogP contribution in [0.2, 0.25) is 0 Å². The monoisotopic (exact) mass is 258 g/mol. The third-order valence-electron chi connectivity index (χ3n) is 1.72. The van der Waals surface area contributed by atoms with Gasteiger partial charge in [-0.3, -0.25) is 0 Å². The third-order valence-corrected chi connectivity index (χ3v) is 2.03. The Hall–Kier alpha value is -0.980. The van der Waals surface area contributed by atoms with Gasteiger partial charge in [-0.25, -0.2) is 13.2 Å². The number of benzene rings is 1. The van der Waals surface area contributed by atoms with E-state index in [-0.39, 0.29) is 6.61 Å². The van der Waals surface area contributed by atoms with Gasteiger partial charge in [0.15, 0.2) is 5.75 Å². The number of thiol groups is 1. The van der Waals surface area contributed by atoms with Crippen LogP contribution in [0.15, 0.2) is 0 Å². The number of hydrogen-bond acceptors (Lipinski definition) is 2. The molecule has 90 valence electrons. The van der Waals surface area contributed by atoms with Crippen molar-refractivity contribution in [1.82, 2.24) is 0 Å². The Morgan fingerprint density at radius 1 is 0.812 bits per heavy atom. The van der Waals surface area contributed by atoms with Crippen LogP contribution in [-0.2, 0) is 0 Å². The van der Waals surface area contributed by atoms with Crippen LogP contribution in [0.3, 0.4) is 0 Å². The van der Waals surface area contributed by atoms with Crippen LogP contribution in [0.5, 0.6) is 5.75 Å². The summed E-state index contributed by atoms with van der Waals surface area (Å²) in [4.78, 5) is 0. The molecule has 1 aromatic carbocycles. The molecule has 1 nitrogen and oxygen atoms in total. The first-order chi connectivity index (χ1) is 7.50. The van der Waals surface area contributed by atoms with Gasteiger partial charge in [0.25, 0.3) is 0 Å². The van der Waals surface area contributed by atoms with E-state index in [0.717, 1.165) is 0 Å². The van der Waals surface area contributed by atoms with Crippen LogP contribution in [0.1, 0.15) is 6.42 Å². The second-order valence-electron chi connectivity index (χ2n) is 2.82. The fourth-order valence-electron chi connectivity index (χ4n) is 0.950. The molecule has 0 radical (unpaired) electrons. The lowest BCUT2D eigenvalue weighted by Gasteiger charge is -2.09. The van der Waals surface area contributed by atoms with Crippen LogP contribution < -0.4 is 4.74 Å². The van der Waals surface area contributed by atoms with Crippen LogP contribution in [0.4, 0.5) is 22.0 Å². The van der Waals surface area contributed by atoms with Crippen molar-refractivity contribution in [3.05, 3.63) is 29.1 Å². The molecule has 0 N–H and O–H groups in total. The molecule has 0 unspecified atom stereocenters. The minimum Gasteiger partial charge on any atom is -0.487 e. The first-order valence-electron chi connectivity index (χ1n) is 4.25. The zero-order valence-electron chi connectivity index (χ0n) is 7.87. The molecule has 0 aliphatic heterocycles. The first-order valence-corrected chi connectivity index (χ1v) is 4.89. The smallest absolute Gasteiger partial charge is 0.206 e. The largest absolute Gasteiger partial charge is 0.487 e. The zero-order chi connectivity index (χ0) is 12.3. The molecule has 1 rings (SSSR count). The summed E-state index contributed by atoms with van der Waals surface area (Å²) in [5, 5.41) is 0. The predicted molar refractivity (Wildman–Crippen MR) is 50.2 cm³/mol. The van der Waals surface area contributed by atoms with Crippen molar-refractivity contribution >= 4 is 12.6 Å². The summed E-state index contributed by atoms with van der Waals surface area (Å²) in [6, 6.07) is 0. The summed E-state index contributed by atoms with van der Waals surface area (Å²) in [5.41, 5.74) is 0. The van der Waals surface area contributed by atoms with Crippen molar-refractivity contribution in [2.45, 2.75) is 6.42 Å². The van der Waals surface area contributed by atoms with Gasteiger partial charge < -0.3 is 4.74 Å². The third kappa shape index (κ3) is 2.40. The summed E-state index contributed by atoms with van der Waals surface area (Å²) in [7, 11) is 0. The Balaban J connectivity index is 3.08. The molecule has 7 heteroatoms. The summed E-state index contributed by atoms with van der Waals surface area (Å²) in [6.07, 6.45) is 0.322. The van der Waals surface area contributed by atoms with Gasteiger partial charge in [0.1, 0.15) is 0 Å². The Labute approximate surface area is 93.6 Å². The fourth-order valence-corrected chi connectivity index (χ4v) is 1.08. The Morgan fingerprint density at radius 3 is 1.69 bits per heavy atom. The zero-order valence-corrected chi connectivity index (χ0v) is 8.76. The maximum atomic E-state index is 13.0. The molecule has 1 aromatic rings. The fraction of sp³-hybridized carbons (Fsp3) is 0.333. The molecule has 0 saturated carbocycles. The molecule has 0 saturated heterocycles. The van der Waals surface area contributed by atoms with Gasteiger partial charge in [0, 0.05) is 0 Å². The van der Waals surface area contributed by atoms with Gasteiger partial charge in [-0.05, 0) is 12.2 Å². The Bertz CT molecular complexity index is 367. The van der Waals surface area contributed by atoms with E-state index >= 15 is 0 Å². The van der Waals surface area contributed by atoms with E-state index in [1.165, 1.54) is 0 Å². The molecule has 0 aliphatic carbocycles. The van der Waals surface area contributed by atoms with E-state index in [2.05, 4.69) is 17.4 Å². The quantitative estimate of drug-likeness (QED) is 0.287. The first kappa shape index (κ1) is 13.1. The molecule has 0 heterocycles. The van der Waals surface area contributed by atoms with E-state index in [1.807, 2.05) is 0 Å². The molecule has 0 aliphatic rings. The van der Waals surface area contributed by atoms with E-state index in [1.54, 1.807) is 0 Å². The Morgan fingerprint density at radius 2 is 1.25 bits per heavy atom. The van der Waals surface area contributed by atoms with Gasteiger partial charge in [-0.1, -0.05) is 0 Å². The molecule has 0 aromatic heterocycles. The maximum Gasteiger partial charge on any atom is 0.206 e. The summed E-state index contributed by atoms with van der Waals surface area (Å²) in [6.45, 7) is -0.179. The van der Waals surface area contributed by atoms with E-state index < -0.39 is 34.8 Å². The number of ether oxygens (including phenoxy) is 1. The SMILES string of the molecule is Fc1c(F)c(F)c(OCCCS)c(F)c1F. The van der Waals surface area contributed by atoms with Gasteiger partial charge in [0.2, 0.25) is 29.1 Å². The van der Waals surface area contributed by atoms with Gasteiger partial charge in [-0.15, -0.1) is 0 Å². The van der Waals surface area contributed by atoms with Crippen molar-refractivity contribution < 1.29 is 26.7 Å². The number of halogens is 5. The molecule has 16 heavy (non-hydrogen) atoms.